The Morgan fingerprint density at radius 3 is 1.83 bits per heavy atom. The first kappa shape index (κ1) is 14.7. The Morgan fingerprint density at radius 1 is 1.00 bits per heavy atom. The average Bonchev–Trinajstić information content (AvgIpc) is 1.78. The molecule has 12 heavy (non-hydrogen) atoms. The highest BCUT2D eigenvalue weighted by molar-refractivity contribution is 4.43. The van der Waals surface area contributed by atoms with Crippen molar-refractivity contribution in [3.05, 3.63) is 0 Å². The van der Waals surface area contributed by atoms with Crippen LogP contribution in [0.1, 0.15) is 12.8 Å². The maximum absolute atomic E-state index is 2.25. The Kier molecular flexibility index (Phi) is 8.21. The smallest absolute Gasteiger partial charge is 0.0780 e. The van der Waals surface area contributed by atoms with Crippen LogP contribution in [0.2, 0.25) is 0 Å². The van der Waals surface area contributed by atoms with E-state index in [1.54, 1.807) is 0 Å². The molecule has 0 heterocycles. The minimum atomic E-state index is 0. The molecule has 76 valence electrons. The van der Waals surface area contributed by atoms with Crippen LogP contribution in [0.4, 0.5) is 0 Å². The van der Waals surface area contributed by atoms with Crippen molar-refractivity contribution < 1.29 is 16.9 Å². The molecular weight excluding hydrogens is 172 g/mol. The third kappa shape index (κ3) is 12.8. The summed E-state index contributed by atoms with van der Waals surface area (Å²) in [4.78, 5) is 2.25. The van der Waals surface area contributed by atoms with Crippen LogP contribution in [0.25, 0.3) is 0 Å². The van der Waals surface area contributed by atoms with Gasteiger partial charge in [0, 0.05) is 0 Å². The van der Waals surface area contributed by atoms with Crippen LogP contribution in [0.3, 0.4) is 0 Å². The van der Waals surface area contributed by atoms with Gasteiger partial charge in [0.15, 0.2) is 0 Å². The van der Waals surface area contributed by atoms with Crippen LogP contribution in [0.5, 0.6) is 0 Å². The lowest BCUT2D eigenvalue weighted by Gasteiger charge is -2.23. The molecule has 0 unspecified atom stereocenters. The summed E-state index contributed by atoms with van der Waals surface area (Å²) in [5.41, 5.74) is 0. The van der Waals surface area contributed by atoms with Crippen molar-refractivity contribution in [2.45, 2.75) is 12.8 Å². The first-order valence-corrected chi connectivity index (χ1v) is 4.37. The lowest BCUT2D eigenvalue weighted by molar-refractivity contribution is -0.870. The van der Waals surface area contributed by atoms with Gasteiger partial charge >= 0.3 is 0 Å². The fourth-order valence-corrected chi connectivity index (χ4v) is 1.01. The van der Waals surface area contributed by atoms with Crippen LogP contribution in [0.15, 0.2) is 0 Å². The molecule has 2 nitrogen and oxygen atoms in total. The molecule has 0 spiro atoms. The van der Waals surface area contributed by atoms with Crippen molar-refractivity contribution in [2.75, 3.05) is 48.3 Å². The van der Waals surface area contributed by atoms with Gasteiger partial charge in [-0.2, -0.15) is 0 Å². The second kappa shape index (κ2) is 6.70. The third-order valence-electron chi connectivity index (χ3n) is 1.68. The lowest BCUT2D eigenvalue weighted by atomic mass is 10.3. The standard InChI is InChI=1S/C9H23N2.ClH/c1-10(2)8-6-7-9-11(3,4)5;/h6-9H2,1-5H3;1H/q+1;/p-1. The largest absolute Gasteiger partial charge is 1.00 e. The number of rotatable bonds is 5. The van der Waals surface area contributed by atoms with Gasteiger partial charge in [-0.25, -0.2) is 0 Å². The van der Waals surface area contributed by atoms with Gasteiger partial charge in [0.2, 0.25) is 0 Å². The topological polar surface area (TPSA) is 3.24 Å². The van der Waals surface area contributed by atoms with Gasteiger partial charge < -0.3 is 21.8 Å². The van der Waals surface area contributed by atoms with E-state index in [9.17, 15) is 0 Å². The number of nitrogens with zero attached hydrogens (tertiary/aromatic N) is 2. The number of quaternary nitrogens is 1. The molecule has 0 amide bonds. The number of hydrogen-bond donors (Lipinski definition) is 0. The summed E-state index contributed by atoms with van der Waals surface area (Å²) in [7, 11) is 11.0. The summed E-state index contributed by atoms with van der Waals surface area (Å²) < 4.78 is 1.09. The molecule has 0 atom stereocenters. The highest BCUT2D eigenvalue weighted by Gasteiger charge is 2.04. The fraction of sp³-hybridized carbons (Fsp3) is 1.00. The van der Waals surface area contributed by atoms with E-state index in [0.717, 1.165) is 4.48 Å². The molecule has 0 aromatic rings. The van der Waals surface area contributed by atoms with Gasteiger partial charge in [-0.05, 0) is 33.5 Å². The van der Waals surface area contributed by atoms with Gasteiger partial charge in [0.1, 0.15) is 0 Å². The zero-order valence-electron chi connectivity index (χ0n) is 9.10. The lowest BCUT2D eigenvalue weighted by Crippen LogP contribution is -3.00. The van der Waals surface area contributed by atoms with Crippen molar-refractivity contribution in [3.63, 3.8) is 0 Å². The molecule has 0 aliphatic carbocycles. The van der Waals surface area contributed by atoms with E-state index < -0.39 is 0 Å². The molecule has 0 bridgehead atoms. The van der Waals surface area contributed by atoms with E-state index in [1.165, 1.54) is 25.9 Å². The van der Waals surface area contributed by atoms with Crippen molar-refractivity contribution in [1.82, 2.24) is 4.90 Å². The Labute approximate surface area is 83.5 Å². The van der Waals surface area contributed by atoms with Gasteiger partial charge in [-0.1, -0.05) is 0 Å². The first-order chi connectivity index (χ1) is 4.92. The van der Waals surface area contributed by atoms with Crippen molar-refractivity contribution in [3.8, 4) is 0 Å². The maximum Gasteiger partial charge on any atom is 0.0780 e. The van der Waals surface area contributed by atoms with E-state index in [1.807, 2.05) is 0 Å². The number of unbranched alkanes of at least 4 members (excludes halogenated alkanes) is 1. The molecule has 0 radical (unpaired) electrons. The zero-order chi connectivity index (χ0) is 8.91. The highest BCUT2D eigenvalue weighted by atomic mass is 35.5. The Balaban J connectivity index is 0. The van der Waals surface area contributed by atoms with Crippen molar-refractivity contribution in [2.24, 2.45) is 0 Å². The second-order valence-corrected chi connectivity index (χ2v) is 4.52. The molecule has 0 N–H and O–H groups in total. The quantitative estimate of drug-likeness (QED) is 0.363. The number of halogens is 1. The van der Waals surface area contributed by atoms with E-state index in [-0.39, 0.29) is 12.4 Å². The van der Waals surface area contributed by atoms with E-state index in [4.69, 9.17) is 0 Å². The van der Waals surface area contributed by atoms with Crippen LogP contribution in [-0.2, 0) is 0 Å². The summed E-state index contributed by atoms with van der Waals surface area (Å²) >= 11 is 0. The van der Waals surface area contributed by atoms with E-state index in [2.05, 4.69) is 40.1 Å². The Hall–Kier alpha value is 0.210. The maximum atomic E-state index is 2.25. The molecule has 0 aliphatic heterocycles. The summed E-state index contributed by atoms with van der Waals surface area (Å²) in [6.45, 7) is 2.51. The van der Waals surface area contributed by atoms with Gasteiger partial charge in [0.05, 0.1) is 27.7 Å². The number of hydrogen-bond acceptors (Lipinski definition) is 1. The molecule has 0 aromatic carbocycles. The average molecular weight is 195 g/mol. The molecule has 0 rings (SSSR count). The Bertz CT molecular complexity index is 97.2. The summed E-state index contributed by atoms with van der Waals surface area (Å²) in [5, 5.41) is 0. The predicted octanol–water partition coefficient (Wildman–Crippen LogP) is -1.96. The Morgan fingerprint density at radius 2 is 1.50 bits per heavy atom. The predicted molar refractivity (Wildman–Crippen MR) is 50.7 cm³/mol. The molecule has 0 aromatic heterocycles. The van der Waals surface area contributed by atoms with Gasteiger partial charge in [0.25, 0.3) is 0 Å². The first-order valence-electron chi connectivity index (χ1n) is 4.37. The van der Waals surface area contributed by atoms with E-state index >= 15 is 0 Å². The van der Waals surface area contributed by atoms with Crippen molar-refractivity contribution >= 4 is 0 Å². The van der Waals surface area contributed by atoms with Crippen LogP contribution < -0.4 is 12.4 Å². The normalized spacial score (nSPS) is 11.5. The summed E-state index contributed by atoms with van der Waals surface area (Å²) in [6, 6.07) is 0. The highest BCUT2D eigenvalue weighted by Crippen LogP contribution is 1.97. The minimum Gasteiger partial charge on any atom is -1.00 e. The molecule has 0 aliphatic rings. The monoisotopic (exact) mass is 194 g/mol. The summed E-state index contributed by atoms with van der Waals surface area (Å²) in [5.74, 6) is 0. The molecule has 0 fully saturated rings. The zero-order valence-corrected chi connectivity index (χ0v) is 9.86. The molecule has 0 saturated heterocycles. The minimum absolute atomic E-state index is 0. The van der Waals surface area contributed by atoms with Crippen LogP contribution in [-0.4, -0.2) is 57.7 Å². The summed E-state index contributed by atoms with van der Waals surface area (Å²) in [6.07, 6.45) is 2.66. The molecule has 3 heteroatoms. The van der Waals surface area contributed by atoms with Crippen LogP contribution in [0, 0.1) is 0 Å². The van der Waals surface area contributed by atoms with Crippen molar-refractivity contribution in [1.29, 1.82) is 0 Å². The third-order valence-corrected chi connectivity index (χ3v) is 1.68. The van der Waals surface area contributed by atoms with Gasteiger partial charge in [-0.15, -0.1) is 0 Å². The molecular formula is C9H23ClN2. The SMILES string of the molecule is CN(C)CCCC[N+](C)(C)C.[Cl-]. The van der Waals surface area contributed by atoms with Crippen LogP contribution >= 0.6 is 0 Å². The second-order valence-electron chi connectivity index (χ2n) is 4.52. The fourth-order valence-electron chi connectivity index (χ4n) is 1.01. The van der Waals surface area contributed by atoms with Gasteiger partial charge in [-0.3, -0.25) is 0 Å². The molecule has 0 saturated carbocycles. The van der Waals surface area contributed by atoms with E-state index in [0.29, 0.717) is 0 Å².